The summed E-state index contributed by atoms with van der Waals surface area (Å²) in [5.41, 5.74) is 5.48. The number of hydrogen-bond acceptors (Lipinski definition) is 2. The van der Waals surface area contributed by atoms with E-state index in [0.29, 0.717) is 0 Å². The molecule has 0 aliphatic carbocycles. The van der Waals surface area contributed by atoms with Gasteiger partial charge in [0.25, 0.3) is 0 Å². The monoisotopic (exact) mass is 402 g/mol. The molecule has 2 nitrogen and oxygen atoms in total. The van der Waals surface area contributed by atoms with Gasteiger partial charge in [0.2, 0.25) is 0 Å². The molecule has 0 amide bonds. The van der Waals surface area contributed by atoms with Gasteiger partial charge in [-0.2, -0.15) is 0 Å². The van der Waals surface area contributed by atoms with Crippen LogP contribution >= 0.6 is 0 Å². The fourth-order valence-electron chi connectivity index (χ4n) is 3.32. The van der Waals surface area contributed by atoms with Crippen molar-refractivity contribution in [3.05, 3.63) is 57.6 Å². The fourth-order valence-corrected chi connectivity index (χ4v) is 6.78. The zero-order valence-corrected chi connectivity index (χ0v) is 17.1. The van der Waals surface area contributed by atoms with Crippen molar-refractivity contribution >= 4 is 14.5 Å². The van der Waals surface area contributed by atoms with Crippen molar-refractivity contribution < 1.29 is 37.1 Å². The van der Waals surface area contributed by atoms with Crippen molar-refractivity contribution in [3.63, 3.8) is 0 Å². The van der Waals surface area contributed by atoms with Gasteiger partial charge in [-0.15, -0.1) is 0 Å². The first-order valence-electron chi connectivity index (χ1n) is 8.16. The van der Waals surface area contributed by atoms with Crippen molar-refractivity contribution in [3.8, 4) is 0 Å². The molecule has 0 N–H and O–H groups in total. The molecule has 0 aliphatic rings. The van der Waals surface area contributed by atoms with Crippen molar-refractivity contribution in [2.75, 3.05) is 0 Å². The van der Waals surface area contributed by atoms with Gasteiger partial charge in [-0.3, -0.25) is 0 Å². The van der Waals surface area contributed by atoms with Gasteiger partial charge in [0.05, 0.1) is 0 Å². The molecule has 0 saturated carbocycles. The second-order valence-corrected chi connectivity index (χ2v) is 9.27. The summed E-state index contributed by atoms with van der Waals surface area (Å²) >= 11 is -2.96. The van der Waals surface area contributed by atoms with Crippen molar-refractivity contribution in [1.29, 1.82) is 0 Å². The van der Waals surface area contributed by atoms with Gasteiger partial charge in [-0.1, -0.05) is 0 Å². The molecule has 0 unspecified atom stereocenters. The van der Waals surface area contributed by atoms with Crippen LogP contribution in [0.1, 0.15) is 33.4 Å². The van der Waals surface area contributed by atoms with Crippen LogP contribution in [-0.4, -0.2) is 12.1 Å². The standard InChI is InChI=1S/2C9H11.C2HF3O2.V/c2*1-7-4-8(2)6-9(3)5-7;3-2(4,5)1(6)7;/h2*4-5H,1-3H3;(H,6,7);/q;;;+1/p-1. The maximum atomic E-state index is 12.9. The summed E-state index contributed by atoms with van der Waals surface area (Å²) < 4.78 is 45.4. The van der Waals surface area contributed by atoms with Gasteiger partial charge in [-0.25, -0.2) is 0 Å². The summed E-state index contributed by atoms with van der Waals surface area (Å²) in [6.45, 7) is 11.3. The number of rotatable bonds is 3. The zero-order chi connectivity index (χ0) is 19.8. The van der Waals surface area contributed by atoms with Crippen LogP contribution in [0, 0.1) is 41.5 Å². The van der Waals surface area contributed by atoms with Crippen LogP contribution in [0.3, 0.4) is 0 Å². The van der Waals surface area contributed by atoms with E-state index in [9.17, 15) is 18.0 Å². The molecule has 0 atom stereocenters. The Morgan fingerprint density at radius 1 is 0.769 bits per heavy atom. The summed E-state index contributed by atoms with van der Waals surface area (Å²) in [4.78, 5) is 11.7. The quantitative estimate of drug-likeness (QED) is 0.772. The average Bonchev–Trinajstić information content (AvgIpc) is 2.43. The SMILES string of the molecule is Cc1cc(C)[c]([V]([O]C(=O)C(F)(F)F)[c]2c(C)cc(C)cc2C)c(C)c1. The minimum atomic E-state index is -5.01. The van der Waals surface area contributed by atoms with Crippen LogP contribution in [0.25, 0.3) is 0 Å². The molecule has 6 heteroatoms. The molecule has 26 heavy (non-hydrogen) atoms. The first-order valence-corrected chi connectivity index (χ1v) is 10.1. The van der Waals surface area contributed by atoms with Crippen LogP contribution in [0.5, 0.6) is 0 Å². The number of hydrogen-bond donors (Lipinski definition) is 0. The topological polar surface area (TPSA) is 26.3 Å². The molecule has 2 rings (SSSR count). The number of carbonyl (C=O) groups excluding carboxylic acids is 1. The third-order valence-corrected chi connectivity index (χ3v) is 8.10. The van der Waals surface area contributed by atoms with Gasteiger partial charge in [0.1, 0.15) is 0 Å². The summed E-state index contributed by atoms with van der Waals surface area (Å²) in [5.74, 6) is -2.11. The predicted molar refractivity (Wildman–Crippen MR) is 92.7 cm³/mol. The van der Waals surface area contributed by atoms with Crippen LogP contribution in [0.2, 0.25) is 0 Å². The molecule has 0 radical (unpaired) electrons. The van der Waals surface area contributed by atoms with E-state index in [1.807, 2.05) is 65.8 Å². The zero-order valence-electron chi connectivity index (χ0n) is 15.7. The van der Waals surface area contributed by atoms with Gasteiger partial charge in [0.15, 0.2) is 0 Å². The van der Waals surface area contributed by atoms with Gasteiger partial charge in [-0.05, 0) is 0 Å². The van der Waals surface area contributed by atoms with Crippen LogP contribution in [0.4, 0.5) is 13.2 Å². The molecule has 2 aromatic carbocycles. The molecular formula is C20H22F3O2V. The summed E-state index contributed by atoms with van der Waals surface area (Å²) in [7, 11) is 0. The number of alkyl halides is 3. The maximum absolute atomic E-state index is 12.9. The van der Waals surface area contributed by atoms with Crippen molar-refractivity contribution in [2.45, 2.75) is 47.7 Å². The Kier molecular flexibility index (Phi) is 5.93. The Labute approximate surface area is 157 Å². The van der Waals surface area contributed by atoms with E-state index in [4.69, 9.17) is 3.66 Å². The van der Waals surface area contributed by atoms with Gasteiger partial charge in [0, 0.05) is 0 Å². The average molecular weight is 402 g/mol. The molecule has 0 aromatic heterocycles. The Morgan fingerprint density at radius 2 is 1.08 bits per heavy atom. The molecule has 0 bridgehead atoms. The van der Waals surface area contributed by atoms with E-state index < -0.39 is 27.7 Å². The van der Waals surface area contributed by atoms with E-state index in [1.165, 1.54) is 0 Å². The Bertz CT molecular complexity index is 753. The first kappa shape index (κ1) is 20.6. The van der Waals surface area contributed by atoms with E-state index in [2.05, 4.69) is 0 Å². The molecule has 0 spiro atoms. The molecule has 0 aliphatic heterocycles. The van der Waals surface area contributed by atoms with Crippen LogP contribution in [-0.2, 0) is 24.0 Å². The number of benzene rings is 2. The van der Waals surface area contributed by atoms with Crippen LogP contribution < -0.4 is 8.55 Å². The van der Waals surface area contributed by atoms with Crippen LogP contribution in [0.15, 0.2) is 24.3 Å². The molecule has 2 aromatic rings. The third-order valence-electron chi connectivity index (χ3n) is 4.08. The Morgan fingerprint density at radius 3 is 1.35 bits per heavy atom. The first-order chi connectivity index (χ1) is 11.9. The Hall–Kier alpha value is -1.72. The van der Waals surface area contributed by atoms with Crippen molar-refractivity contribution in [1.82, 2.24) is 0 Å². The Balaban J connectivity index is 2.71. The van der Waals surface area contributed by atoms with E-state index in [0.717, 1.165) is 41.9 Å². The molecule has 0 fully saturated rings. The number of carbonyl (C=O) groups is 1. The summed E-state index contributed by atoms with van der Waals surface area (Å²) in [6.07, 6.45) is -5.01. The van der Waals surface area contributed by atoms with E-state index >= 15 is 0 Å². The van der Waals surface area contributed by atoms with E-state index in [1.54, 1.807) is 0 Å². The molecular weight excluding hydrogens is 380 g/mol. The molecule has 0 saturated heterocycles. The predicted octanol–water partition coefficient (Wildman–Crippen LogP) is 4.13. The summed E-state index contributed by atoms with van der Waals surface area (Å²) in [6, 6.07) is 7.68. The number of aryl methyl sites for hydroxylation is 6. The second kappa shape index (κ2) is 7.49. The second-order valence-electron chi connectivity index (χ2n) is 6.67. The van der Waals surface area contributed by atoms with Crippen molar-refractivity contribution in [2.24, 2.45) is 0 Å². The van der Waals surface area contributed by atoms with E-state index in [-0.39, 0.29) is 0 Å². The minimum absolute atomic E-state index is 0.746. The third kappa shape index (κ3) is 4.33. The molecule has 0 heterocycles. The normalized spacial score (nSPS) is 11.8. The number of halogens is 3. The molecule has 140 valence electrons. The van der Waals surface area contributed by atoms with Gasteiger partial charge < -0.3 is 0 Å². The fraction of sp³-hybridized carbons (Fsp3) is 0.350. The summed E-state index contributed by atoms with van der Waals surface area (Å²) in [5, 5.41) is 0. The van der Waals surface area contributed by atoms with Gasteiger partial charge >= 0.3 is 157 Å².